The summed E-state index contributed by atoms with van der Waals surface area (Å²) in [5.74, 6) is 1.23. The van der Waals surface area contributed by atoms with Crippen molar-refractivity contribution in [2.24, 2.45) is 0 Å². The number of rotatable bonds is 7. The summed E-state index contributed by atoms with van der Waals surface area (Å²) < 4.78 is 22.2. The molecule has 6 nitrogen and oxygen atoms in total. The first kappa shape index (κ1) is 19.5. The van der Waals surface area contributed by atoms with E-state index in [9.17, 15) is 4.79 Å². The largest absolute Gasteiger partial charge is 0.493 e. The van der Waals surface area contributed by atoms with Crippen molar-refractivity contribution in [2.45, 2.75) is 6.10 Å². The maximum absolute atomic E-state index is 13.0. The maximum Gasteiger partial charge on any atom is 0.254 e. The predicted molar refractivity (Wildman–Crippen MR) is 107 cm³/mol. The summed E-state index contributed by atoms with van der Waals surface area (Å²) in [6, 6.07) is 12.8. The van der Waals surface area contributed by atoms with Crippen LogP contribution in [0.4, 0.5) is 5.69 Å². The van der Waals surface area contributed by atoms with Gasteiger partial charge in [-0.15, -0.1) is 0 Å². The molecule has 0 bridgehead atoms. The van der Waals surface area contributed by atoms with Gasteiger partial charge in [-0.05, 0) is 35.4 Å². The Kier molecular flexibility index (Phi) is 6.01. The number of ether oxygens (including phenoxy) is 4. The van der Waals surface area contributed by atoms with Gasteiger partial charge in [-0.3, -0.25) is 4.79 Å². The highest BCUT2D eigenvalue weighted by Crippen LogP contribution is 2.44. The molecule has 6 heteroatoms. The fourth-order valence-electron chi connectivity index (χ4n) is 3.17. The number of hydrogen-bond acceptors (Lipinski definition) is 5. The topological polar surface area (TPSA) is 66.0 Å². The van der Waals surface area contributed by atoms with Gasteiger partial charge in [-0.25, -0.2) is 0 Å². The Morgan fingerprint density at radius 3 is 2.29 bits per heavy atom. The van der Waals surface area contributed by atoms with Crippen molar-refractivity contribution in [3.8, 4) is 17.2 Å². The molecule has 1 aliphatic heterocycles. The fraction of sp³-hybridized carbons (Fsp3) is 0.227. The molecular weight excluding hydrogens is 358 g/mol. The van der Waals surface area contributed by atoms with Gasteiger partial charge in [0.05, 0.1) is 33.5 Å². The number of carbonyl (C=O) groups is 1. The van der Waals surface area contributed by atoms with E-state index in [0.717, 1.165) is 11.1 Å². The zero-order valence-electron chi connectivity index (χ0n) is 16.2. The maximum atomic E-state index is 13.0. The third-order valence-corrected chi connectivity index (χ3v) is 4.53. The van der Waals surface area contributed by atoms with Crippen molar-refractivity contribution in [1.82, 2.24) is 0 Å². The molecule has 0 aliphatic carbocycles. The number of benzene rings is 2. The van der Waals surface area contributed by atoms with Gasteiger partial charge in [0.1, 0.15) is 6.10 Å². The minimum Gasteiger partial charge on any atom is -0.493 e. The van der Waals surface area contributed by atoms with E-state index in [1.54, 1.807) is 39.5 Å². The smallest absolute Gasteiger partial charge is 0.254 e. The molecular formula is C22H23NO5. The van der Waals surface area contributed by atoms with Gasteiger partial charge in [-0.2, -0.15) is 0 Å². The molecule has 1 aliphatic rings. The minimum absolute atomic E-state index is 0.239. The van der Waals surface area contributed by atoms with Crippen molar-refractivity contribution in [3.63, 3.8) is 0 Å². The lowest BCUT2D eigenvalue weighted by Crippen LogP contribution is -2.19. The van der Waals surface area contributed by atoms with Crippen LogP contribution in [0.2, 0.25) is 0 Å². The molecule has 1 N–H and O–H groups in total. The molecule has 3 rings (SSSR count). The Hall–Kier alpha value is -3.25. The third kappa shape index (κ3) is 3.73. The Labute approximate surface area is 164 Å². The van der Waals surface area contributed by atoms with Gasteiger partial charge in [-0.1, -0.05) is 30.9 Å². The van der Waals surface area contributed by atoms with E-state index in [1.807, 2.05) is 30.3 Å². The van der Waals surface area contributed by atoms with Crippen molar-refractivity contribution in [2.75, 3.05) is 33.3 Å². The fourth-order valence-corrected chi connectivity index (χ4v) is 3.17. The van der Waals surface area contributed by atoms with E-state index in [4.69, 9.17) is 18.9 Å². The normalized spacial score (nSPS) is 15.9. The molecule has 0 saturated heterocycles. The van der Waals surface area contributed by atoms with E-state index in [2.05, 4.69) is 11.9 Å². The number of para-hydroxylation sites is 1. The first-order valence-corrected chi connectivity index (χ1v) is 8.76. The van der Waals surface area contributed by atoms with Crippen LogP contribution in [0.5, 0.6) is 17.2 Å². The lowest BCUT2D eigenvalue weighted by Gasteiger charge is -2.19. The Bertz CT molecular complexity index is 879. The number of methoxy groups -OCH3 is 3. The van der Waals surface area contributed by atoms with Gasteiger partial charge < -0.3 is 24.3 Å². The standard InChI is InChI=1S/C22H23NO5/c1-5-14-13-28-20(19(14)22(24)23-16-9-7-6-8-10-16)15-11-17(25-2)21(27-4)18(12-15)26-3/h5-12,20H,1,13H2,2-4H3,(H,23,24). The van der Waals surface area contributed by atoms with Gasteiger partial charge in [0.15, 0.2) is 11.5 Å². The van der Waals surface area contributed by atoms with Gasteiger partial charge in [0.25, 0.3) is 5.91 Å². The Morgan fingerprint density at radius 2 is 1.75 bits per heavy atom. The van der Waals surface area contributed by atoms with Crippen molar-refractivity contribution in [1.29, 1.82) is 0 Å². The highest BCUT2D eigenvalue weighted by atomic mass is 16.5. The summed E-state index contributed by atoms with van der Waals surface area (Å²) in [6.45, 7) is 4.11. The molecule has 146 valence electrons. The predicted octanol–water partition coefficient (Wildman–Crippen LogP) is 3.91. The molecule has 1 atom stereocenters. The molecule has 0 spiro atoms. The Balaban J connectivity index is 2.00. The summed E-state index contributed by atoms with van der Waals surface area (Å²) in [5.41, 5.74) is 2.68. The molecule has 0 fully saturated rings. The van der Waals surface area contributed by atoms with Crippen LogP contribution in [-0.2, 0) is 9.53 Å². The number of hydrogen-bond donors (Lipinski definition) is 1. The van der Waals surface area contributed by atoms with E-state index in [1.165, 1.54) is 0 Å². The molecule has 28 heavy (non-hydrogen) atoms. The zero-order valence-corrected chi connectivity index (χ0v) is 16.2. The highest BCUT2D eigenvalue weighted by molar-refractivity contribution is 6.05. The van der Waals surface area contributed by atoms with E-state index in [-0.39, 0.29) is 5.91 Å². The lowest BCUT2D eigenvalue weighted by molar-refractivity contribution is -0.113. The quantitative estimate of drug-likeness (QED) is 0.788. The molecule has 2 aromatic rings. The summed E-state index contributed by atoms with van der Waals surface area (Å²) in [6.07, 6.45) is 1.07. The van der Waals surface area contributed by atoms with Crippen LogP contribution < -0.4 is 19.5 Å². The van der Waals surface area contributed by atoms with Crippen molar-refractivity contribution < 1.29 is 23.7 Å². The second-order valence-corrected chi connectivity index (χ2v) is 6.11. The SMILES string of the molecule is C=CC1=C(C(=O)Nc2ccccc2)C(c2cc(OC)c(OC)c(OC)c2)OC1. The van der Waals surface area contributed by atoms with E-state index >= 15 is 0 Å². The van der Waals surface area contributed by atoms with E-state index in [0.29, 0.717) is 35.1 Å². The zero-order chi connectivity index (χ0) is 20.1. The van der Waals surface area contributed by atoms with Crippen LogP contribution in [-0.4, -0.2) is 33.8 Å². The summed E-state index contributed by atoms with van der Waals surface area (Å²) in [5, 5.41) is 2.92. The minimum atomic E-state index is -0.578. The van der Waals surface area contributed by atoms with Crippen LogP contribution >= 0.6 is 0 Å². The molecule has 1 unspecified atom stereocenters. The number of carbonyl (C=O) groups excluding carboxylic acids is 1. The average Bonchev–Trinajstić information content (AvgIpc) is 3.17. The van der Waals surface area contributed by atoms with E-state index < -0.39 is 6.10 Å². The summed E-state index contributed by atoms with van der Waals surface area (Å²) in [7, 11) is 4.63. The van der Waals surface area contributed by atoms with Crippen LogP contribution in [0.1, 0.15) is 11.7 Å². The monoisotopic (exact) mass is 381 g/mol. The van der Waals surface area contributed by atoms with Crippen LogP contribution in [0, 0.1) is 0 Å². The second kappa shape index (κ2) is 8.63. The second-order valence-electron chi connectivity index (χ2n) is 6.11. The number of nitrogens with one attached hydrogen (secondary N) is 1. The average molecular weight is 381 g/mol. The summed E-state index contributed by atoms with van der Waals surface area (Å²) >= 11 is 0. The van der Waals surface area contributed by atoms with Crippen LogP contribution in [0.15, 0.2) is 66.3 Å². The molecule has 2 aromatic carbocycles. The number of anilines is 1. The van der Waals surface area contributed by atoms with Crippen molar-refractivity contribution >= 4 is 11.6 Å². The molecule has 1 amide bonds. The van der Waals surface area contributed by atoms with Gasteiger partial charge in [0.2, 0.25) is 5.75 Å². The molecule has 1 heterocycles. The lowest BCUT2D eigenvalue weighted by atomic mass is 9.97. The number of amides is 1. The van der Waals surface area contributed by atoms with Crippen molar-refractivity contribution in [3.05, 3.63) is 71.8 Å². The molecule has 0 aromatic heterocycles. The molecule has 0 saturated carbocycles. The Morgan fingerprint density at radius 1 is 1.11 bits per heavy atom. The summed E-state index contributed by atoms with van der Waals surface area (Å²) in [4.78, 5) is 13.0. The van der Waals surface area contributed by atoms with Gasteiger partial charge in [0, 0.05) is 5.69 Å². The molecule has 0 radical (unpaired) electrons. The van der Waals surface area contributed by atoms with Crippen LogP contribution in [0.25, 0.3) is 0 Å². The van der Waals surface area contributed by atoms with Crippen LogP contribution in [0.3, 0.4) is 0 Å². The first-order valence-electron chi connectivity index (χ1n) is 8.76. The van der Waals surface area contributed by atoms with Gasteiger partial charge >= 0.3 is 0 Å². The highest BCUT2D eigenvalue weighted by Gasteiger charge is 2.33. The first-order chi connectivity index (χ1) is 13.6. The third-order valence-electron chi connectivity index (χ3n) is 4.53.